The van der Waals surface area contributed by atoms with Gasteiger partial charge >= 0.3 is 12.1 Å². The standard InChI is InChI=1S/C40H40ClF5N10O4/c1-18-16-56(13-12-25(18)49-26-9-7-21-30(22-8-11-28(57)50-36(22)58)53-55(3)32(21)29(26)40(44,45)46)38-47-15-24(41)35(52-38)48-20-6-10-27-23(14-20)31-33(37(59)54(27)2)60-17-39(42,43)34(51-31)19-4-5-19/h6-7,9-10,14-15,18-19,22,25,34,49,51H,4-5,8,11-13,16-17H2,1-3H3,(H,47,48,52)(H,50,57,58)/t18-,22?,25-,34+/m1/s1. The molecule has 14 nitrogen and oxygen atoms in total. The first kappa shape index (κ1) is 39.7. The summed E-state index contributed by atoms with van der Waals surface area (Å²) >= 11 is 6.57. The van der Waals surface area contributed by atoms with Crippen LogP contribution >= 0.6 is 11.6 Å². The number of alkyl halides is 5. The summed E-state index contributed by atoms with van der Waals surface area (Å²) in [6.07, 6.45) is -1.37. The number of pyridine rings is 1. The molecule has 2 saturated heterocycles. The molecule has 1 unspecified atom stereocenters. The Bertz CT molecular complexity index is 2650. The highest BCUT2D eigenvalue weighted by molar-refractivity contribution is 6.33. The molecule has 4 aliphatic rings. The third kappa shape index (κ3) is 6.99. The maximum Gasteiger partial charge on any atom is 0.420 e. The topological polar surface area (TPSA) is 160 Å². The van der Waals surface area contributed by atoms with Gasteiger partial charge in [-0.15, -0.1) is 0 Å². The number of hydrogen-bond acceptors (Lipinski definition) is 11. The Balaban J connectivity index is 0.948. The molecule has 3 fully saturated rings. The van der Waals surface area contributed by atoms with E-state index in [2.05, 4.69) is 31.3 Å². The number of ether oxygens (including phenoxy) is 1. The van der Waals surface area contributed by atoms with Crippen molar-refractivity contribution in [2.45, 2.75) is 69.1 Å². The third-order valence-corrected chi connectivity index (χ3v) is 12.3. The van der Waals surface area contributed by atoms with Gasteiger partial charge in [0.25, 0.3) is 5.56 Å². The first-order valence-corrected chi connectivity index (χ1v) is 20.0. The fourth-order valence-corrected chi connectivity index (χ4v) is 8.92. The van der Waals surface area contributed by atoms with Gasteiger partial charge in [-0.3, -0.25) is 24.4 Å². The van der Waals surface area contributed by atoms with Gasteiger partial charge in [0.15, 0.2) is 12.4 Å². The highest BCUT2D eigenvalue weighted by Crippen LogP contribution is 2.46. The summed E-state index contributed by atoms with van der Waals surface area (Å²) in [5.74, 6) is -5.07. The molecular weight excluding hydrogens is 815 g/mol. The number of rotatable bonds is 7. The van der Waals surface area contributed by atoms with Gasteiger partial charge in [-0.05, 0) is 67.9 Å². The summed E-state index contributed by atoms with van der Waals surface area (Å²) in [5, 5.41) is 16.8. The summed E-state index contributed by atoms with van der Waals surface area (Å²) in [6.45, 7) is 1.79. The molecule has 1 saturated carbocycles. The van der Waals surface area contributed by atoms with Crippen molar-refractivity contribution < 1.29 is 36.3 Å². The van der Waals surface area contributed by atoms with Crippen LogP contribution in [0.5, 0.6) is 5.75 Å². The van der Waals surface area contributed by atoms with Gasteiger partial charge in [-0.1, -0.05) is 18.5 Å². The number of anilines is 5. The molecule has 0 spiro atoms. The van der Waals surface area contributed by atoms with Crippen molar-refractivity contribution in [2.75, 3.05) is 40.5 Å². The molecule has 3 aliphatic heterocycles. The maximum absolute atomic E-state index is 15.2. The van der Waals surface area contributed by atoms with Crippen LogP contribution in [0, 0.1) is 11.8 Å². The number of hydrogen-bond donors (Lipinski definition) is 4. The second kappa shape index (κ2) is 14.5. The molecule has 9 rings (SSSR count). The zero-order valence-corrected chi connectivity index (χ0v) is 33.3. The lowest BCUT2D eigenvalue weighted by atomic mass is 9.91. The van der Waals surface area contributed by atoms with E-state index in [0.29, 0.717) is 54.9 Å². The molecule has 2 aromatic carbocycles. The van der Waals surface area contributed by atoms with E-state index >= 15 is 8.78 Å². The van der Waals surface area contributed by atoms with Crippen molar-refractivity contribution in [3.8, 4) is 5.75 Å². The monoisotopic (exact) mass is 854 g/mol. The molecular formula is C40H40ClF5N10O4. The Labute approximate surface area is 343 Å². The summed E-state index contributed by atoms with van der Waals surface area (Å²) in [6, 6.07) is 6.46. The Kier molecular flexibility index (Phi) is 9.59. The van der Waals surface area contributed by atoms with Crippen LogP contribution < -0.4 is 36.5 Å². The van der Waals surface area contributed by atoms with Crippen LogP contribution in [0.1, 0.15) is 56.2 Å². The number of piperidine rings is 2. The molecule has 0 radical (unpaired) electrons. The molecule has 5 aromatic rings. The number of imide groups is 1. The summed E-state index contributed by atoms with van der Waals surface area (Å²) in [5.41, 5.74) is -0.311. The average molecular weight is 855 g/mol. The number of carbonyl (C=O) groups excluding carboxylic acids is 2. The Morgan fingerprint density at radius 1 is 1.03 bits per heavy atom. The molecule has 2 amide bonds. The number of nitrogens with zero attached hydrogens (tertiary/aromatic N) is 6. The van der Waals surface area contributed by atoms with E-state index in [9.17, 15) is 27.6 Å². The molecule has 316 valence electrons. The minimum atomic E-state index is -4.76. The van der Waals surface area contributed by atoms with E-state index < -0.39 is 53.6 Å². The van der Waals surface area contributed by atoms with Gasteiger partial charge in [-0.2, -0.15) is 23.3 Å². The molecule has 20 heteroatoms. The number of fused-ring (bicyclic) bond motifs is 4. The number of aromatic nitrogens is 5. The lowest BCUT2D eigenvalue weighted by Gasteiger charge is -2.38. The minimum Gasteiger partial charge on any atom is -0.480 e. The summed E-state index contributed by atoms with van der Waals surface area (Å²) in [7, 11) is 2.95. The van der Waals surface area contributed by atoms with Crippen LogP contribution in [0.2, 0.25) is 5.02 Å². The highest BCUT2D eigenvalue weighted by Gasteiger charge is 2.51. The minimum absolute atomic E-state index is 0.0634. The van der Waals surface area contributed by atoms with Crippen LogP contribution in [0.15, 0.2) is 41.3 Å². The van der Waals surface area contributed by atoms with Gasteiger partial charge in [-0.25, -0.2) is 13.8 Å². The smallest absolute Gasteiger partial charge is 0.420 e. The normalized spacial score (nSPS) is 23.1. The number of amides is 2. The van der Waals surface area contributed by atoms with Crippen LogP contribution in [0.3, 0.4) is 0 Å². The molecule has 4 N–H and O–H groups in total. The number of nitrogens with one attached hydrogen (secondary N) is 4. The second-order valence-corrected chi connectivity index (χ2v) is 16.6. The van der Waals surface area contributed by atoms with E-state index in [1.165, 1.54) is 29.9 Å². The van der Waals surface area contributed by atoms with E-state index in [1.807, 2.05) is 11.8 Å². The Morgan fingerprint density at radius 2 is 1.82 bits per heavy atom. The van der Waals surface area contributed by atoms with Crippen molar-refractivity contribution in [3.05, 3.63) is 63.2 Å². The van der Waals surface area contributed by atoms with Crippen molar-refractivity contribution in [3.63, 3.8) is 0 Å². The number of carbonyl (C=O) groups is 2. The number of benzene rings is 2. The molecule has 60 heavy (non-hydrogen) atoms. The highest BCUT2D eigenvalue weighted by atomic mass is 35.5. The Hall–Kier alpha value is -5.72. The largest absolute Gasteiger partial charge is 0.480 e. The van der Waals surface area contributed by atoms with Crippen LogP contribution in [-0.4, -0.2) is 73.8 Å². The fraction of sp³-hybridized carbons (Fsp3) is 0.450. The zero-order valence-electron chi connectivity index (χ0n) is 32.6. The van der Waals surface area contributed by atoms with Gasteiger partial charge in [0, 0.05) is 61.8 Å². The first-order valence-electron chi connectivity index (χ1n) is 19.6. The van der Waals surface area contributed by atoms with E-state index in [4.69, 9.17) is 21.3 Å². The van der Waals surface area contributed by atoms with Gasteiger partial charge in [0.05, 0.1) is 40.6 Å². The van der Waals surface area contributed by atoms with Crippen LogP contribution in [0.4, 0.5) is 50.8 Å². The van der Waals surface area contributed by atoms with Crippen LogP contribution in [-0.2, 0) is 29.9 Å². The zero-order chi connectivity index (χ0) is 42.4. The number of aryl methyl sites for hydroxylation is 2. The number of halogens is 6. The van der Waals surface area contributed by atoms with Crippen molar-refractivity contribution >= 4 is 74.0 Å². The Morgan fingerprint density at radius 3 is 2.53 bits per heavy atom. The van der Waals surface area contributed by atoms with E-state index in [-0.39, 0.29) is 75.3 Å². The molecule has 1 aliphatic carbocycles. The molecule has 0 bridgehead atoms. The summed E-state index contributed by atoms with van der Waals surface area (Å²) < 4.78 is 82.9. The molecule has 3 aromatic heterocycles. The molecule has 6 heterocycles. The van der Waals surface area contributed by atoms with Crippen LogP contribution in [0.25, 0.3) is 21.8 Å². The van der Waals surface area contributed by atoms with Crippen molar-refractivity contribution in [1.29, 1.82) is 0 Å². The first-order chi connectivity index (χ1) is 28.5. The SMILES string of the molecule is C[C@@H]1CN(c2ncc(Cl)c(Nc3ccc4c(c3)c3c(c(=O)n4C)OCC(F)(F)[C@H](C4CC4)N3)n2)CC[C@H]1Nc1ccc2c(C3CCC(=O)NC3=O)nn(C)c2c1C(F)(F)F. The van der Waals surface area contributed by atoms with Crippen molar-refractivity contribution in [1.82, 2.24) is 29.6 Å². The second-order valence-electron chi connectivity index (χ2n) is 16.2. The third-order valence-electron chi connectivity index (χ3n) is 12.0. The van der Waals surface area contributed by atoms with Gasteiger partial charge < -0.3 is 30.2 Å². The van der Waals surface area contributed by atoms with Gasteiger partial charge in [0.2, 0.25) is 23.5 Å². The maximum atomic E-state index is 15.2. The predicted molar refractivity (Wildman–Crippen MR) is 214 cm³/mol. The average Bonchev–Trinajstić information content (AvgIpc) is 4.00. The van der Waals surface area contributed by atoms with Gasteiger partial charge in [0.1, 0.15) is 10.6 Å². The molecule has 4 atom stereocenters. The fourth-order valence-electron chi connectivity index (χ4n) is 8.78. The lowest BCUT2D eigenvalue weighted by Crippen LogP contribution is -2.46. The van der Waals surface area contributed by atoms with Crippen molar-refractivity contribution in [2.24, 2.45) is 25.9 Å². The lowest BCUT2D eigenvalue weighted by molar-refractivity contribution is -0.136. The van der Waals surface area contributed by atoms with E-state index in [0.717, 1.165) is 4.68 Å². The summed E-state index contributed by atoms with van der Waals surface area (Å²) in [4.78, 5) is 48.7. The quantitative estimate of drug-likeness (QED) is 0.102. The predicted octanol–water partition coefficient (Wildman–Crippen LogP) is 6.70. The van der Waals surface area contributed by atoms with E-state index in [1.54, 1.807) is 25.2 Å².